The highest BCUT2D eigenvalue weighted by Crippen LogP contribution is 2.24. The number of hydrogen-bond donors (Lipinski definition) is 0. The predicted molar refractivity (Wildman–Crippen MR) is 83.9 cm³/mol. The summed E-state index contributed by atoms with van der Waals surface area (Å²) in [6.45, 7) is 3.79. The maximum absolute atomic E-state index is 6.07. The van der Waals surface area contributed by atoms with Crippen molar-refractivity contribution in [2.75, 3.05) is 0 Å². The molecule has 3 rings (SSSR count). The fourth-order valence-electron chi connectivity index (χ4n) is 2.17. The molecule has 2 aromatic carbocycles. The van der Waals surface area contributed by atoms with Crippen LogP contribution >= 0.6 is 11.6 Å². The topological polar surface area (TPSA) is 25.8 Å². The first-order valence-electron chi connectivity index (χ1n) is 6.40. The van der Waals surface area contributed by atoms with Crippen LogP contribution in [0.2, 0.25) is 5.02 Å². The van der Waals surface area contributed by atoms with Crippen LogP contribution in [-0.2, 0) is 6.42 Å². The molecular weight excluding hydrogens is 268 g/mol. The number of rotatable bonds is 3. The van der Waals surface area contributed by atoms with Crippen molar-refractivity contribution in [3.63, 3.8) is 0 Å². The first-order chi connectivity index (χ1) is 9.78. The number of hydrogen-bond acceptors (Lipinski definition) is 2. The molecule has 0 radical (unpaired) electrons. The normalized spacial score (nSPS) is 10.7. The number of allylic oxidation sites excluding steroid dienone is 1. The molecule has 0 unspecified atom stereocenters. The third kappa shape index (κ3) is 2.43. The summed E-state index contributed by atoms with van der Waals surface area (Å²) in [5, 5.41) is 1.68. The summed E-state index contributed by atoms with van der Waals surface area (Å²) >= 11 is 6.07. The molecule has 2 nitrogen and oxygen atoms in total. The van der Waals surface area contributed by atoms with Crippen LogP contribution < -0.4 is 0 Å². The van der Waals surface area contributed by atoms with Crippen LogP contribution in [0.3, 0.4) is 0 Å². The van der Waals surface area contributed by atoms with Crippen molar-refractivity contribution in [1.82, 2.24) is 9.97 Å². The quantitative estimate of drug-likeness (QED) is 0.651. The lowest BCUT2D eigenvalue weighted by Crippen LogP contribution is -1.97. The lowest BCUT2D eigenvalue weighted by atomic mass is 10.1. The highest BCUT2D eigenvalue weighted by molar-refractivity contribution is 6.31. The maximum Gasteiger partial charge on any atom is 0.160 e. The zero-order valence-corrected chi connectivity index (χ0v) is 11.6. The van der Waals surface area contributed by atoms with Crippen LogP contribution in [0.15, 0.2) is 61.2 Å². The molecule has 0 atom stereocenters. The van der Waals surface area contributed by atoms with Gasteiger partial charge < -0.3 is 0 Å². The van der Waals surface area contributed by atoms with E-state index in [4.69, 9.17) is 11.6 Å². The van der Waals surface area contributed by atoms with Gasteiger partial charge in [0.1, 0.15) is 0 Å². The molecule has 0 fully saturated rings. The van der Waals surface area contributed by atoms with E-state index in [1.165, 1.54) is 0 Å². The van der Waals surface area contributed by atoms with Crippen molar-refractivity contribution in [1.29, 1.82) is 0 Å². The minimum Gasteiger partial charge on any atom is -0.232 e. The molecule has 1 aromatic heterocycles. The summed E-state index contributed by atoms with van der Waals surface area (Å²) < 4.78 is 0. The third-order valence-electron chi connectivity index (χ3n) is 3.11. The van der Waals surface area contributed by atoms with E-state index in [0.29, 0.717) is 11.4 Å². The van der Waals surface area contributed by atoms with E-state index >= 15 is 0 Å². The maximum atomic E-state index is 6.07. The molecule has 1 heterocycles. The van der Waals surface area contributed by atoms with Crippen molar-refractivity contribution in [3.05, 3.63) is 71.9 Å². The molecule has 0 amide bonds. The Morgan fingerprint density at radius 3 is 2.60 bits per heavy atom. The lowest BCUT2D eigenvalue weighted by Gasteiger charge is -2.08. The molecule has 0 N–H and O–H groups in total. The number of nitrogens with zero attached hydrogens (tertiary/aromatic N) is 2. The molecule has 0 saturated carbocycles. The second-order valence-corrected chi connectivity index (χ2v) is 4.95. The van der Waals surface area contributed by atoms with Gasteiger partial charge in [-0.25, -0.2) is 9.97 Å². The summed E-state index contributed by atoms with van der Waals surface area (Å²) in [4.78, 5) is 9.29. The molecule has 0 saturated heterocycles. The number of halogens is 1. The van der Waals surface area contributed by atoms with E-state index in [1.54, 1.807) is 0 Å². The van der Waals surface area contributed by atoms with Crippen molar-refractivity contribution in [3.8, 4) is 11.4 Å². The second kappa shape index (κ2) is 5.43. The first kappa shape index (κ1) is 12.8. The Labute approximate surface area is 122 Å². The predicted octanol–water partition coefficient (Wildman–Crippen LogP) is 4.68. The van der Waals surface area contributed by atoms with E-state index in [-0.39, 0.29) is 0 Å². The standard InChI is InChI=1S/C17H13ClN2/c1-2-6-15-14-11-13(18)9-10-16(14)20-17(19-15)12-7-4-3-5-8-12/h2-5,7-11H,1,6H2. The second-order valence-electron chi connectivity index (χ2n) is 4.51. The van der Waals surface area contributed by atoms with E-state index in [1.807, 2.05) is 54.6 Å². The summed E-state index contributed by atoms with van der Waals surface area (Å²) in [5.74, 6) is 0.734. The molecule has 3 heteroatoms. The van der Waals surface area contributed by atoms with E-state index in [0.717, 1.165) is 28.0 Å². The highest BCUT2D eigenvalue weighted by Gasteiger charge is 2.08. The lowest BCUT2D eigenvalue weighted by molar-refractivity contribution is 1.10. The Hall–Kier alpha value is -2.19. The third-order valence-corrected chi connectivity index (χ3v) is 3.34. The molecule has 0 spiro atoms. The van der Waals surface area contributed by atoms with Gasteiger partial charge in [-0.3, -0.25) is 0 Å². The summed E-state index contributed by atoms with van der Waals surface area (Å²) in [5.41, 5.74) is 2.86. The largest absolute Gasteiger partial charge is 0.232 e. The van der Waals surface area contributed by atoms with Crippen LogP contribution in [0.1, 0.15) is 5.69 Å². The van der Waals surface area contributed by atoms with E-state index in [2.05, 4.69) is 16.5 Å². The number of fused-ring (bicyclic) bond motifs is 1. The van der Waals surface area contributed by atoms with Gasteiger partial charge in [0, 0.05) is 22.4 Å². The zero-order chi connectivity index (χ0) is 13.9. The molecule has 3 aromatic rings. The smallest absolute Gasteiger partial charge is 0.160 e. The van der Waals surface area contributed by atoms with Crippen molar-refractivity contribution in [2.45, 2.75) is 6.42 Å². The van der Waals surface area contributed by atoms with Gasteiger partial charge in [0.25, 0.3) is 0 Å². The van der Waals surface area contributed by atoms with E-state index in [9.17, 15) is 0 Å². The molecular formula is C17H13ClN2. The van der Waals surface area contributed by atoms with Gasteiger partial charge in [0.2, 0.25) is 0 Å². The SMILES string of the molecule is C=CCc1nc(-c2ccccc2)nc2ccc(Cl)cc12. The van der Waals surface area contributed by atoms with Gasteiger partial charge in [-0.05, 0) is 18.2 Å². The molecule has 98 valence electrons. The van der Waals surface area contributed by atoms with Crippen LogP contribution in [0.5, 0.6) is 0 Å². The Morgan fingerprint density at radius 2 is 1.85 bits per heavy atom. The highest BCUT2D eigenvalue weighted by atomic mass is 35.5. The van der Waals surface area contributed by atoms with Crippen LogP contribution in [0.25, 0.3) is 22.3 Å². The van der Waals surface area contributed by atoms with Crippen LogP contribution in [0, 0.1) is 0 Å². The summed E-state index contributed by atoms with van der Waals surface area (Å²) in [6.07, 6.45) is 2.54. The summed E-state index contributed by atoms with van der Waals surface area (Å²) in [7, 11) is 0. The van der Waals surface area contributed by atoms with Gasteiger partial charge in [0.05, 0.1) is 11.2 Å². The molecule has 0 aliphatic rings. The van der Waals surface area contributed by atoms with Gasteiger partial charge in [-0.1, -0.05) is 48.0 Å². The zero-order valence-electron chi connectivity index (χ0n) is 10.9. The van der Waals surface area contributed by atoms with Gasteiger partial charge in [0.15, 0.2) is 5.82 Å². The Morgan fingerprint density at radius 1 is 1.05 bits per heavy atom. The molecule has 0 bridgehead atoms. The average Bonchev–Trinajstić information content (AvgIpc) is 2.49. The van der Waals surface area contributed by atoms with Crippen molar-refractivity contribution >= 4 is 22.5 Å². The van der Waals surface area contributed by atoms with Gasteiger partial charge in [-0.15, -0.1) is 6.58 Å². The monoisotopic (exact) mass is 280 g/mol. The average molecular weight is 281 g/mol. The first-order valence-corrected chi connectivity index (χ1v) is 6.78. The van der Waals surface area contributed by atoms with Crippen molar-refractivity contribution in [2.24, 2.45) is 0 Å². The Balaban J connectivity index is 2.25. The number of aromatic nitrogens is 2. The minimum atomic E-state index is 0.693. The fraction of sp³-hybridized carbons (Fsp3) is 0.0588. The van der Waals surface area contributed by atoms with Gasteiger partial charge >= 0.3 is 0 Å². The van der Waals surface area contributed by atoms with Crippen LogP contribution in [0.4, 0.5) is 0 Å². The minimum absolute atomic E-state index is 0.693. The molecule has 0 aliphatic carbocycles. The van der Waals surface area contributed by atoms with Crippen LogP contribution in [-0.4, -0.2) is 9.97 Å². The Kier molecular flexibility index (Phi) is 3.48. The Bertz CT molecular complexity index is 767. The molecule has 0 aliphatic heterocycles. The van der Waals surface area contributed by atoms with Gasteiger partial charge in [-0.2, -0.15) is 0 Å². The van der Waals surface area contributed by atoms with Crippen molar-refractivity contribution < 1.29 is 0 Å². The molecule has 20 heavy (non-hydrogen) atoms. The fourth-order valence-corrected chi connectivity index (χ4v) is 2.34. The van der Waals surface area contributed by atoms with E-state index < -0.39 is 0 Å². The summed E-state index contributed by atoms with van der Waals surface area (Å²) in [6, 6.07) is 15.7. The number of benzene rings is 2.